The highest BCUT2D eigenvalue weighted by molar-refractivity contribution is 5.91. The van der Waals surface area contributed by atoms with Crippen LogP contribution >= 0.6 is 0 Å². The molecule has 0 saturated carbocycles. The van der Waals surface area contributed by atoms with E-state index in [0.29, 0.717) is 11.1 Å². The topological polar surface area (TPSA) is 76.4 Å². The Labute approximate surface area is 111 Å². The molecule has 0 radical (unpaired) electrons. The van der Waals surface area contributed by atoms with Crippen LogP contribution in [0.5, 0.6) is 0 Å². The summed E-state index contributed by atoms with van der Waals surface area (Å²) in [5.74, 6) is -1.18. The highest BCUT2D eigenvalue weighted by Crippen LogP contribution is 2.06. The van der Waals surface area contributed by atoms with E-state index in [1.807, 2.05) is 6.07 Å². The largest absolute Gasteiger partial charge is 0.463 e. The summed E-state index contributed by atoms with van der Waals surface area (Å²) in [5, 5.41) is 8.63. The monoisotopic (exact) mass is 259 g/mol. The molecule has 0 spiro atoms. The third-order valence-corrected chi connectivity index (χ3v) is 2.19. The van der Waals surface area contributed by atoms with Gasteiger partial charge in [-0.1, -0.05) is 6.58 Å². The van der Waals surface area contributed by atoms with Gasteiger partial charge in [-0.25, -0.2) is 9.59 Å². The van der Waals surface area contributed by atoms with Crippen molar-refractivity contribution in [3.63, 3.8) is 0 Å². The predicted molar refractivity (Wildman–Crippen MR) is 67.2 cm³/mol. The zero-order valence-corrected chi connectivity index (χ0v) is 10.5. The molecule has 1 aromatic carbocycles. The van der Waals surface area contributed by atoms with Crippen LogP contribution in [0, 0.1) is 11.3 Å². The van der Waals surface area contributed by atoms with Gasteiger partial charge in [0.25, 0.3) is 0 Å². The summed E-state index contributed by atoms with van der Waals surface area (Å²) in [7, 11) is 0. The van der Waals surface area contributed by atoms with Crippen LogP contribution in [0.25, 0.3) is 0 Å². The molecule has 0 aliphatic rings. The quantitative estimate of drug-likeness (QED) is 0.595. The molecule has 0 unspecified atom stereocenters. The zero-order valence-electron chi connectivity index (χ0n) is 10.5. The Bertz CT molecular complexity index is 525. The maximum absolute atomic E-state index is 11.6. The number of esters is 2. The summed E-state index contributed by atoms with van der Waals surface area (Å²) < 4.78 is 9.61. The van der Waals surface area contributed by atoms with Crippen molar-refractivity contribution < 1.29 is 19.1 Å². The van der Waals surface area contributed by atoms with Crippen LogP contribution in [-0.2, 0) is 14.3 Å². The molecule has 0 amide bonds. The van der Waals surface area contributed by atoms with Crippen molar-refractivity contribution in [2.24, 2.45) is 0 Å². The Morgan fingerprint density at radius 3 is 2.42 bits per heavy atom. The third-order valence-electron chi connectivity index (χ3n) is 2.19. The number of carbonyl (C=O) groups excluding carboxylic acids is 2. The minimum atomic E-state index is -0.588. The van der Waals surface area contributed by atoms with Gasteiger partial charge in [0.05, 0.1) is 29.4 Å². The van der Waals surface area contributed by atoms with Crippen molar-refractivity contribution in [1.82, 2.24) is 0 Å². The van der Waals surface area contributed by atoms with Gasteiger partial charge in [-0.05, 0) is 31.2 Å². The van der Waals surface area contributed by atoms with Crippen LogP contribution in [0.1, 0.15) is 22.8 Å². The van der Waals surface area contributed by atoms with Crippen LogP contribution in [-0.4, -0.2) is 25.2 Å². The predicted octanol–water partition coefficient (Wildman–Crippen LogP) is 1.83. The SMILES string of the molecule is C=C(COC(=O)c1ccc(C#N)cc1)C(=O)OCC. The number of nitrogens with zero attached hydrogens (tertiary/aromatic N) is 1. The Morgan fingerprint density at radius 1 is 1.26 bits per heavy atom. The molecule has 0 aliphatic heterocycles. The average molecular weight is 259 g/mol. The second kappa shape index (κ2) is 6.97. The van der Waals surface area contributed by atoms with E-state index < -0.39 is 11.9 Å². The highest BCUT2D eigenvalue weighted by atomic mass is 16.5. The van der Waals surface area contributed by atoms with Gasteiger partial charge in [-0.3, -0.25) is 0 Å². The molecule has 0 aliphatic carbocycles. The van der Waals surface area contributed by atoms with E-state index in [-0.39, 0.29) is 18.8 Å². The molecule has 0 saturated heterocycles. The van der Waals surface area contributed by atoms with E-state index in [9.17, 15) is 9.59 Å². The number of ether oxygens (including phenoxy) is 2. The smallest absolute Gasteiger partial charge is 0.338 e. The number of rotatable bonds is 5. The van der Waals surface area contributed by atoms with Gasteiger partial charge in [-0.2, -0.15) is 5.26 Å². The van der Waals surface area contributed by atoms with E-state index in [1.165, 1.54) is 24.3 Å². The van der Waals surface area contributed by atoms with E-state index in [4.69, 9.17) is 14.7 Å². The van der Waals surface area contributed by atoms with E-state index in [1.54, 1.807) is 6.92 Å². The standard InChI is InChI=1S/C14H13NO4/c1-3-18-13(16)10(2)9-19-14(17)12-6-4-11(8-15)5-7-12/h4-7H,2-3,9H2,1H3. The molecule has 5 nitrogen and oxygen atoms in total. The molecule has 0 aromatic heterocycles. The van der Waals surface area contributed by atoms with Gasteiger partial charge in [0.15, 0.2) is 0 Å². The Kier molecular flexibility index (Phi) is 5.30. The van der Waals surface area contributed by atoms with Crippen molar-refractivity contribution >= 4 is 11.9 Å². The fraction of sp³-hybridized carbons (Fsp3) is 0.214. The summed E-state index contributed by atoms with van der Waals surface area (Å²) in [6.45, 7) is 5.16. The first kappa shape index (κ1) is 14.5. The molecule has 0 heterocycles. The van der Waals surface area contributed by atoms with Gasteiger partial charge in [0, 0.05) is 0 Å². The van der Waals surface area contributed by atoms with Gasteiger partial charge in [-0.15, -0.1) is 0 Å². The summed E-state index contributed by atoms with van der Waals surface area (Å²) >= 11 is 0. The van der Waals surface area contributed by atoms with Crippen LogP contribution < -0.4 is 0 Å². The second-order valence-corrected chi connectivity index (χ2v) is 3.59. The highest BCUT2D eigenvalue weighted by Gasteiger charge is 2.12. The molecule has 19 heavy (non-hydrogen) atoms. The third kappa shape index (κ3) is 4.28. The van der Waals surface area contributed by atoms with Gasteiger partial charge in [0.2, 0.25) is 0 Å². The normalized spacial score (nSPS) is 9.26. The lowest BCUT2D eigenvalue weighted by molar-refractivity contribution is -0.138. The maximum atomic E-state index is 11.6. The summed E-state index contributed by atoms with van der Waals surface area (Å²) in [4.78, 5) is 22.9. The first-order valence-corrected chi connectivity index (χ1v) is 5.60. The molecule has 0 atom stereocenters. The molecule has 0 bridgehead atoms. The first-order valence-electron chi connectivity index (χ1n) is 5.60. The number of carbonyl (C=O) groups is 2. The Morgan fingerprint density at radius 2 is 1.89 bits per heavy atom. The van der Waals surface area contributed by atoms with Gasteiger partial charge >= 0.3 is 11.9 Å². The summed E-state index contributed by atoms with van der Waals surface area (Å²) in [6.07, 6.45) is 0. The van der Waals surface area contributed by atoms with Crippen LogP contribution in [0.4, 0.5) is 0 Å². The first-order chi connectivity index (χ1) is 9.08. The summed E-state index contributed by atoms with van der Waals surface area (Å²) in [5.41, 5.74) is 0.826. The van der Waals surface area contributed by atoms with E-state index in [2.05, 4.69) is 6.58 Å². The molecular formula is C14H13NO4. The number of nitriles is 1. The lowest BCUT2D eigenvalue weighted by atomic mass is 10.1. The molecule has 1 rings (SSSR count). The van der Waals surface area contributed by atoms with Crippen LogP contribution in [0.3, 0.4) is 0 Å². The van der Waals surface area contributed by atoms with Crippen molar-refractivity contribution in [2.45, 2.75) is 6.92 Å². The fourth-order valence-electron chi connectivity index (χ4n) is 1.21. The molecule has 0 fully saturated rings. The number of benzene rings is 1. The maximum Gasteiger partial charge on any atom is 0.338 e. The van der Waals surface area contributed by atoms with Crippen molar-refractivity contribution in [1.29, 1.82) is 5.26 Å². The van der Waals surface area contributed by atoms with Crippen molar-refractivity contribution in [2.75, 3.05) is 13.2 Å². The van der Waals surface area contributed by atoms with Crippen LogP contribution in [0.2, 0.25) is 0 Å². The molecule has 0 N–H and O–H groups in total. The lowest BCUT2D eigenvalue weighted by Crippen LogP contribution is -2.14. The lowest BCUT2D eigenvalue weighted by Gasteiger charge is -2.06. The van der Waals surface area contributed by atoms with E-state index >= 15 is 0 Å². The Hall–Kier alpha value is -2.61. The molecule has 5 heteroatoms. The number of hydrogen-bond acceptors (Lipinski definition) is 5. The van der Waals surface area contributed by atoms with Crippen LogP contribution in [0.15, 0.2) is 36.4 Å². The van der Waals surface area contributed by atoms with E-state index in [0.717, 1.165) is 0 Å². The Balaban J connectivity index is 2.53. The summed E-state index contributed by atoms with van der Waals surface area (Å²) in [6, 6.07) is 7.93. The second-order valence-electron chi connectivity index (χ2n) is 3.59. The molecular weight excluding hydrogens is 246 g/mol. The van der Waals surface area contributed by atoms with Crippen molar-refractivity contribution in [3.05, 3.63) is 47.5 Å². The zero-order chi connectivity index (χ0) is 14.3. The number of hydrogen-bond donors (Lipinski definition) is 0. The fourth-order valence-corrected chi connectivity index (χ4v) is 1.21. The van der Waals surface area contributed by atoms with Crippen molar-refractivity contribution in [3.8, 4) is 6.07 Å². The van der Waals surface area contributed by atoms with Gasteiger partial charge in [0.1, 0.15) is 6.61 Å². The van der Waals surface area contributed by atoms with Gasteiger partial charge < -0.3 is 9.47 Å². The minimum Gasteiger partial charge on any atom is -0.463 e. The molecule has 1 aromatic rings. The minimum absolute atomic E-state index is 0.0730. The molecule has 98 valence electrons. The average Bonchev–Trinajstić information content (AvgIpc) is 2.44.